The average molecular weight is 309 g/mol. The molecule has 6 heteroatoms. The molecule has 2 N–H and O–H groups in total. The number of nitrogen functional groups attached to an aromatic ring is 1. The van der Waals surface area contributed by atoms with Crippen LogP contribution in [0.25, 0.3) is 0 Å². The van der Waals surface area contributed by atoms with Crippen LogP contribution in [0.3, 0.4) is 0 Å². The van der Waals surface area contributed by atoms with Crippen molar-refractivity contribution in [2.24, 2.45) is 0 Å². The van der Waals surface area contributed by atoms with Gasteiger partial charge in [0, 0.05) is 4.47 Å². The highest BCUT2D eigenvalue weighted by molar-refractivity contribution is 9.10. The van der Waals surface area contributed by atoms with Gasteiger partial charge in [0.2, 0.25) is 5.75 Å². The van der Waals surface area contributed by atoms with Gasteiger partial charge in [0.15, 0.2) is 0 Å². The second-order valence-electron chi connectivity index (χ2n) is 3.51. The summed E-state index contributed by atoms with van der Waals surface area (Å²) in [6.07, 6.45) is 0. The Bertz CT molecular complexity index is 602. The second kappa shape index (κ2) is 5.05. The van der Waals surface area contributed by atoms with E-state index in [-0.39, 0.29) is 17.1 Å². The molecule has 0 fully saturated rings. The smallest absolute Gasteiger partial charge is 0.334 e. The molecular formula is C12H9BrN2O3. The molecule has 0 aliphatic heterocycles. The van der Waals surface area contributed by atoms with Crippen LogP contribution in [0.5, 0.6) is 11.5 Å². The maximum absolute atomic E-state index is 10.9. The number of rotatable bonds is 3. The Balaban J connectivity index is 2.40. The monoisotopic (exact) mass is 308 g/mol. The summed E-state index contributed by atoms with van der Waals surface area (Å²) < 4.78 is 6.31. The molecule has 0 aliphatic carbocycles. The number of benzene rings is 2. The van der Waals surface area contributed by atoms with Crippen LogP contribution in [0.2, 0.25) is 0 Å². The molecule has 92 valence electrons. The van der Waals surface area contributed by atoms with E-state index in [4.69, 9.17) is 10.5 Å². The Morgan fingerprint density at radius 1 is 1.22 bits per heavy atom. The predicted molar refractivity (Wildman–Crippen MR) is 71.7 cm³/mol. The summed E-state index contributed by atoms with van der Waals surface area (Å²) in [5, 5.41) is 10.9. The molecule has 0 aromatic heterocycles. The van der Waals surface area contributed by atoms with E-state index in [0.29, 0.717) is 5.75 Å². The van der Waals surface area contributed by atoms with Crippen LogP contribution >= 0.6 is 15.9 Å². The van der Waals surface area contributed by atoms with Gasteiger partial charge in [-0.05, 0) is 30.3 Å². The molecule has 0 saturated heterocycles. The first kappa shape index (κ1) is 12.4. The number of nitrogens with zero attached hydrogens (tertiary/aromatic N) is 1. The van der Waals surface area contributed by atoms with Crippen molar-refractivity contribution in [3.63, 3.8) is 0 Å². The molecular weight excluding hydrogens is 300 g/mol. The fourth-order valence-corrected chi connectivity index (χ4v) is 1.85. The highest BCUT2D eigenvalue weighted by Crippen LogP contribution is 2.36. The van der Waals surface area contributed by atoms with Crippen LogP contribution in [-0.2, 0) is 0 Å². The lowest BCUT2D eigenvalue weighted by Crippen LogP contribution is -1.98. The molecule has 0 spiro atoms. The first-order valence-electron chi connectivity index (χ1n) is 5.04. The van der Waals surface area contributed by atoms with Gasteiger partial charge in [0.1, 0.15) is 11.4 Å². The van der Waals surface area contributed by atoms with Crippen molar-refractivity contribution in [3.05, 3.63) is 57.1 Å². The van der Waals surface area contributed by atoms with Gasteiger partial charge in [-0.2, -0.15) is 0 Å². The molecule has 0 radical (unpaired) electrons. The lowest BCUT2D eigenvalue weighted by molar-refractivity contribution is -0.384. The van der Waals surface area contributed by atoms with Crippen molar-refractivity contribution in [1.29, 1.82) is 0 Å². The minimum atomic E-state index is -0.553. The Morgan fingerprint density at radius 2 is 1.94 bits per heavy atom. The van der Waals surface area contributed by atoms with Crippen LogP contribution in [-0.4, -0.2) is 4.92 Å². The van der Waals surface area contributed by atoms with Crippen LogP contribution in [0.15, 0.2) is 46.9 Å². The summed E-state index contributed by atoms with van der Waals surface area (Å²) in [5.41, 5.74) is 5.43. The zero-order valence-electron chi connectivity index (χ0n) is 9.17. The van der Waals surface area contributed by atoms with Gasteiger partial charge in [-0.1, -0.05) is 28.1 Å². The Kier molecular flexibility index (Phi) is 3.47. The summed E-state index contributed by atoms with van der Waals surface area (Å²) in [6.45, 7) is 0. The van der Waals surface area contributed by atoms with Gasteiger partial charge in [-0.3, -0.25) is 10.1 Å². The summed E-state index contributed by atoms with van der Waals surface area (Å²) in [4.78, 5) is 10.4. The van der Waals surface area contributed by atoms with E-state index in [9.17, 15) is 10.1 Å². The van der Waals surface area contributed by atoms with E-state index in [1.165, 1.54) is 12.1 Å². The molecule has 0 heterocycles. The largest absolute Gasteiger partial charge is 0.450 e. The van der Waals surface area contributed by atoms with E-state index in [1.807, 2.05) is 6.07 Å². The van der Waals surface area contributed by atoms with Gasteiger partial charge >= 0.3 is 5.69 Å². The zero-order chi connectivity index (χ0) is 13.1. The van der Waals surface area contributed by atoms with E-state index in [0.717, 1.165) is 4.47 Å². The van der Waals surface area contributed by atoms with Crippen molar-refractivity contribution < 1.29 is 9.66 Å². The van der Waals surface area contributed by atoms with Crippen LogP contribution in [0.4, 0.5) is 11.4 Å². The topological polar surface area (TPSA) is 78.4 Å². The van der Waals surface area contributed by atoms with E-state index >= 15 is 0 Å². The van der Waals surface area contributed by atoms with Crippen LogP contribution in [0.1, 0.15) is 0 Å². The minimum Gasteiger partial charge on any atom is -0.450 e. The van der Waals surface area contributed by atoms with Gasteiger partial charge in [0.05, 0.1) is 4.92 Å². The van der Waals surface area contributed by atoms with Crippen LogP contribution < -0.4 is 10.5 Å². The minimum absolute atomic E-state index is 0.0764. The molecule has 0 amide bonds. The number of hydrogen-bond donors (Lipinski definition) is 1. The number of nitro benzene ring substituents is 1. The predicted octanol–water partition coefficient (Wildman–Crippen LogP) is 3.73. The van der Waals surface area contributed by atoms with Crippen LogP contribution in [0, 0.1) is 10.1 Å². The summed E-state index contributed by atoms with van der Waals surface area (Å²) in [5.74, 6) is 0.621. The van der Waals surface area contributed by atoms with Crippen molar-refractivity contribution in [1.82, 2.24) is 0 Å². The lowest BCUT2D eigenvalue weighted by atomic mass is 10.2. The number of para-hydroxylation sites is 1. The van der Waals surface area contributed by atoms with Gasteiger partial charge in [0.25, 0.3) is 0 Å². The third-order valence-electron chi connectivity index (χ3n) is 2.24. The number of ether oxygens (including phenoxy) is 1. The van der Waals surface area contributed by atoms with Crippen molar-refractivity contribution in [2.75, 3.05) is 5.73 Å². The summed E-state index contributed by atoms with van der Waals surface area (Å²) >= 11 is 3.30. The summed E-state index contributed by atoms with van der Waals surface area (Å²) in [6, 6.07) is 11.6. The molecule has 2 aromatic rings. The van der Waals surface area contributed by atoms with Gasteiger partial charge in [-0.15, -0.1) is 0 Å². The standard InChI is InChI=1S/C12H9BrN2O3/c13-8-3-1-4-9(7-8)18-11-6-2-5-10(14)12(11)15(16)17/h1-7H,14H2. The SMILES string of the molecule is Nc1cccc(Oc2cccc(Br)c2)c1[N+](=O)[O-]. The maximum Gasteiger partial charge on any atom is 0.334 e. The molecule has 2 rings (SSSR count). The van der Waals surface area contributed by atoms with E-state index in [1.54, 1.807) is 24.3 Å². The van der Waals surface area contributed by atoms with Crippen molar-refractivity contribution in [3.8, 4) is 11.5 Å². The number of anilines is 1. The van der Waals surface area contributed by atoms with Gasteiger partial charge < -0.3 is 10.5 Å². The number of nitrogens with two attached hydrogens (primary N) is 1. The molecule has 2 aromatic carbocycles. The Labute approximate surface area is 111 Å². The second-order valence-corrected chi connectivity index (χ2v) is 4.43. The first-order valence-corrected chi connectivity index (χ1v) is 5.83. The Hall–Kier alpha value is -2.08. The normalized spacial score (nSPS) is 10.1. The zero-order valence-corrected chi connectivity index (χ0v) is 10.8. The van der Waals surface area contributed by atoms with E-state index in [2.05, 4.69) is 15.9 Å². The van der Waals surface area contributed by atoms with Crippen molar-refractivity contribution in [2.45, 2.75) is 0 Å². The molecule has 18 heavy (non-hydrogen) atoms. The third kappa shape index (κ3) is 2.60. The third-order valence-corrected chi connectivity index (χ3v) is 2.73. The lowest BCUT2D eigenvalue weighted by Gasteiger charge is -2.07. The van der Waals surface area contributed by atoms with E-state index < -0.39 is 4.92 Å². The highest BCUT2D eigenvalue weighted by atomic mass is 79.9. The fraction of sp³-hybridized carbons (Fsp3) is 0. The first-order chi connectivity index (χ1) is 8.58. The highest BCUT2D eigenvalue weighted by Gasteiger charge is 2.19. The molecule has 0 bridgehead atoms. The average Bonchev–Trinajstić information content (AvgIpc) is 2.28. The van der Waals surface area contributed by atoms with Crippen molar-refractivity contribution >= 4 is 27.3 Å². The Morgan fingerprint density at radius 3 is 2.61 bits per heavy atom. The maximum atomic E-state index is 10.9. The van der Waals surface area contributed by atoms with Gasteiger partial charge in [-0.25, -0.2) is 0 Å². The number of halogens is 1. The molecule has 0 saturated carbocycles. The number of nitro groups is 1. The molecule has 5 nitrogen and oxygen atoms in total. The summed E-state index contributed by atoms with van der Waals surface area (Å²) in [7, 11) is 0. The molecule has 0 aliphatic rings. The molecule has 0 unspecified atom stereocenters. The number of hydrogen-bond acceptors (Lipinski definition) is 4. The quantitative estimate of drug-likeness (QED) is 0.532. The molecule has 0 atom stereocenters. The fourth-order valence-electron chi connectivity index (χ4n) is 1.47.